The fourth-order valence-corrected chi connectivity index (χ4v) is 2.15. The maximum Gasteiger partial charge on any atom is 0.319 e. The van der Waals surface area contributed by atoms with Crippen LogP contribution in [0, 0.1) is 0 Å². The van der Waals surface area contributed by atoms with Crippen molar-refractivity contribution in [2.75, 3.05) is 6.61 Å². The smallest absolute Gasteiger partial charge is 0.319 e. The van der Waals surface area contributed by atoms with Crippen LogP contribution in [0.2, 0.25) is 0 Å². The van der Waals surface area contributed by atoms with Gasteiger partial charge in [0.1, 0.15) is 10.6 Å². The number of H-pyrrole nitrogens is 2. The Morgan fingerprint density at radius 1 is 1.61 bits per heavy atom. The number of carbonyl (C=O) groups excluding carboxylic acids is 1. The molecule has 2 aromatic rings. The zero-order valence-electron chi connectivity index (χ0n) is 9.89. The predicted octanol–water partition coefficient (Wildman–Crippen LogP) is 0.690. The van der Waals surface area contributed by atoms with Crippen LogP contribution in [-0.2, 0) is 9.53 Å². The quantitative estimate of drug-likeness (QED) is 0.480. The summed E-state index contributed by atoms with van der Waals surface area (Å²) in [5.41, 5.74) is 0.115. The monoisotopic (exact) mass is 268 g/mol. The molecule has 0 aromatic carbocycles. The highest BCUT2D eigenvalue weighted by Crippen LogP contribution is 2.20. The van der Waals surface area contributed by atoms with Crippen LogP contribution >= 0.6 is 11.8 Å². The molecule has 0 spiro atoms. The van der Waals surface area contributed by atoms with Gasteiger partial charge >= 0.3 is 5.97 Å². The molecule has 0 saturated heterocycles. The van der Waals surface area contributed by atoms with Crippen molar-refractivity contribution in [2.24, 2.45) is 0 Å². The third-order valence-corrected chi connectivity index (χ3v) is 3.17. The minimum Gasteiger partial charge on any atom is -0.465 e. The molecule has 0 fully saturated rings. The number of thioether (sulfide) groups is 1. The Hall–Kier alpha value is -1.83. The lowest BCUT2D eigenvalue weighted by Crippen LogP contribution is -2.18. The molecule has 1 atom stereocenters. The van der Waals surface area contributed by atoms with Gasteiger partial charge in [-0.1, -0.05) is 11.8 Å². The molecule has 1 unspecified atom stereocenters. The molecule has 0 aliphatic heterocycles. The van der Waals surface area contributed by atoms with Crippen molar-refractivity contribution in [2.45, 2.75) is 24.3 Å². The maximum atomic E-state index is 11.7. The van der Waals surface area contributed by atoms with E-state index in [4.69, 9.17) is 4.74 Å². The number of nitrogens with zero attached hydrogens (tertiary/aromatic N) is 2. The number of fused-ring (bicyclic) bond motifs is 1. The summed E-state index contributed by atoms with van der Waals surface area (Å²) >= 11 is 1.14. The molecule has 0 bridgehead atoms. The minimum atomic E-state index is -0.437. The number of ether oxygens (including phenoxy) is 1. The van der Waals surface area contributed by atoms with Crippen LogP contribution in [0.15, 0.2) is 16.1 Å². The molecule has 0 radical (unpaired) electrons. The van der Waals surface area contributed by atoms with Crippen molar-refractivity contribution in [3.8, 4) is 0 Å². The van der Waals surface area contributed by atoms with Gasteiger partial charge in [-0.3, -0.25) is 14.7 Å². The Labute approximate surface area is 106 Å². The van der Waals surface area contributed by atoms with E-state index in [1.54, 1.807) is 13.8 Å². The molecule has 2 rings (SSSR count). The third kappa shape index (κ3) is 2.53. The fourth-order valence-electron chi connectivity index (χ4n) is 1.36. The molecule has 2 heterocycles. The third-order valence-electron chi connectivity index (χ3n) is 2.20. The second kappa shape index (κ2) is 5.21. The van der Waals surface area contributed by atoms with Crippen LogP contribution < -0.4 is 5.56 Å². The Bertz CT molecular complexity index is 621. The van der Waals surface area contributed by atoms with Crippen molar-refractivity contribution in [1.82, 2.24) is 20.2 Å². The number of nitrogens with one attached hydrogen (secondary N) is 2. The summed E-state index contributed by atoms with van der Waals surface area (Å²) in [7, 11) is 0. The largest absolute Gasteiger partial charge is 0.465 e. The van der Waals surface area contributed by atoms with Gasteiger partial charge < -0.3 is 9.72 Å². The molecule has 0 aliphatic rings. The summed E-state index contributed by atoms with van der Waals surface area (Å²) in [4.78, 5) is 29.9. The van der Waals surface area contributed by atoms with Crippen LogP contribution in [0.3, 0.4) is 0 Å². The predicted molar refractivity (Wildman–Crippen MR) is 66.5 cm³/mol. The Morgan fingerprint density at radius 2 is 2.39 bits per heavy atom. The molecule has 0 amide bonds. The van der Waals surface area contributed by atoms with Gasteiger partial charge in [0.25, 0.3) is 5.56 Å². The van der Waals surface area contributed by atoms with Gasteiger partial charge in [0.05, 0.1) is 12.8 Å². The van der Waals surface area contributed by atoms with Crippen molar-refractivity contribution < 1.29 is 9.53 Å². The van der Waals surface area contributed by atoms with Crippen LogP contribution in [0.4, 0.5) is 0 Å². The first kappa shape index (κ1) is 12.6. The van der Waals surface area contributed by atoms with Crippen molar-refractivity contribution in [3.05, 3.63) is 16.6 Å². The molecule has 7 nitrogen and oxygen atoms in total. The standard InChI is InChI=1S/C10H12N4O3S/c1-3-17-9(16)5(2)18-10-12-7-6(4-11-14-7)8(15)13-10/h4-5H,3H2,1-2H3,(H2,11,12,13,14,15). The summed E-state index contributed by atoms with van der Waals surface area (Å²) in [5.74, 6) is -0.338. The second-order valence-electron chi connectivity index (χ2n) is 3.52. The second-order valence-corrected chi connectivity index (χ2v) is 4.84. The van der Waals surface area contributed by atoms with E-state index in [0.717, 1.165) is 11.8 Å². The molecule has 2 N–H and O–H groups in total. The normalized spacial score (nSPS) is 12.6. The molecular formula is C10H12N4O3S. The summed E-state index contributed by atoms with van der Waals surface area (Å²) in [6.07, 6.45) is 1.41. The zero-order chi connectivity index (χ0) is 13.1. The Morgan fingerprint density at radius 3 is 3.11 bits per heavy atom. The molecule has 0 aliphatic carbocycles. The zero-order valence-corrected chi connectivity index (χ0v) is 10.7. The topological polar surface area (TPSA) is 101 Å². The van der Waals surface area contributed by atoms with E-state index < -0.39 is 5.25 Å². The van der Waals surface area contributed by atoms with E-state index in [1.807, 2.05) is 0 Å². The van der Waals surface area contributed by atoms with E-state index >= 15 is 0 Å². The number of esters is 1. The molecule has 96 valence electrons. The van der Waals surface area contributed by atoms with Crippen molar-refractivity contribution in [3.63, 3.8) is 0 Å². The van der Waals surface area contributed by atoms with Gasteiger partial charge in [-0.15, -0.1) is 0 Å². The Kier molecular flexibility index (Phi) is 3.66. The van der Waals surface area contributed by atoms with E-state index in [0.29, 0.717) is 22.8 Å². The fraction of sp³-hybridized carbons (Fsp3) is 0.400. The minimum absolute atomic E-state index is 0.285. The highest BCUT2D eigenvalue weighted by atomic mass is 32.2. The SMILES string of the molecule is CCOC(=O)C(C)Sc1nc2[nH]ncc2c(=O)[nH]1. The number of rotatable bonds is 4. The average molecular weight is 268 g/mol. The highest BCUT2D eigenvalue weighted by molar-refractivity contribution is 8.00. The Balaban J connectivity index is 2.21. The van der Waals surface area contributed by atoms with Crippen LogP contribution in [0.5, 0.6) is 0 Å². The van der Waals surface area contributed by atoms with E-state index in [2.05, 4.69) is 20.2 Å². The molecule has 2 aromatic heterocycles. The van der Waals surface area contributed by atoms with Gasteiger partial charge in [-0.05, 0) is 13.8 Å². The van der Waals surface area contributed by atoms with Crippen LogP contribution in [0.1, 0.15) is 13.8 Å². The number of hydrogen-bond donors (Lipinski definition) is 2. The van der Waals surface area contributed by atoms with Gasteiger partial charge in [0, 0.05) is 0 Å². The number of aromatic nitrogens is 4. The molecule has 18 heavy (non-hydrogen) atoms. The van der Waals surface area contributed by atoms with Crippen molar-refractivity contribution in [1.29, 1.82) is 0 Å². The summed E-state index contributed by atoms with van der Waals surface area (Å²) in [5, 5.41) is 6.67. The molecular weight excluding hydrogens is 256 g/mol. The van der Waals surface area contributed by atoms with Crippen LogP contribution in [-0.4, -0.2) is 38.0 Å². The number of carbonyl (C=O) groups is 1. The molecule has 8 heteroatoms. The maximum absolute atomic E-state index is 11.7. The lowest BCUT2D eigenvalue weighted by atomic mass is 10.4. The first-order valence-electron chi connectivity index (χ1n) is 5.38. The van der Waals surface area contributed by atoms with Gasteiger partial charge in [-0.25, -0.2) is 4.98 Å². The lowest BCUT2D eigenvalue weighted by Gasteiger charge is -2.08. The summed E-state index contributed by atoms with van der Waals surface area (Å²) in [6, 6.07) is 0. The van der Waals surface area contributed by atoms with Gasteiger partial charge in [0.2, 0.25) is 0 Å². The first-order chi connectivity index (χ1) is 8.61. The number of aromatic amines is 2. The number of hydrogen-bond acceptors (Lipinski definition) is 6. The van der Waals surface area contributed by atoms with E-state index in [1.165, 1.54) is 6.20 Å². The van der Waals surface area contributed by atoms with E-state index in [9.17, 15) is 9.59 Å². The summed E-state index contributed by atoms with van der Waals surface area (Å²) < 4.78 is 4.88. The average Bonchev–Trinajstić information content (AvgIpc) is 2.77. The highest BCUT2D eigenvalue weighted by Gasteiger charge is 2.17. The lowest BCUT2D eigenvalue weighted by molar-refractivity contribution is -0.142. The summed E-state index contributed by atoms with van der Waals surface area (Å²) in [6.45, 7) is 3.76. The van der Waals surface area contributed by atoms with Crippen molar-refractivity contribution >= 4 is 28.8 Å². The van der Waals surface area contributed by atoms with Crippen LogP contribution in [0.25, 0.3) is 11.0 Å². The van der Waals surface area contributed by atoms with Gasteiger partial charge in [-0.2, -0.15) is 5.10 Å². The first-order valence-corrected chi connectivity index (χ1v) is 6.26. The van der Waals surface area contributed by atoms with Gasteiger partial charge in [0.15, 0.2) is 10.8 Å². The molecule has 0 saturated carbocycles. The van der Waals surface area contributed by atoms with E-state index in [-0.39, 0.29) is 11.5 Å².